The van der Waals surface area contributed by atoms with E-state index in [4.69, 9.17) is 33.0 Å². The Bertz CT molecular complexity index is 6980. The van der Waals surface area contributed by atoms with Crippen molar-refractivity contribution in [3.05, 3.63) is 362 Å². The molecule has 0 atom stereocenters. The predicted molar refractivity (Wildman–Crippen MR) is 451 cm³/mol. The van der Waals surface area contributed by atoms with E-state index in [9.17, 15) is 99.2 Å². The SMILES string of the molecule is COc1c(F)c(F)c(-c2c(F)c(F)c(Oc3ccc(C(c4ccc(Oc5cccc(-c6ccc(-c7cccc(C)c7C#N)c(C(=O)c7ccc(OCCCCS(=O)(=O)O)cc7)c6)c5C#N)cc4)(C(F)(F)F)C(F)(F)F)cc3)c(F)c2F)c(F)c1F.COc1ccc(C(c2ccc(Oc3cccc(Oc4ccc(C(c5ccc(C)cc5)(C(F)(F)F)C(F)(F)F)cc4)c3C#N)cc2)(C(F)(F)F)C(F)(F)F)cc1. The summed E-state index contributed by atoms with van der Waals surface area (Å²) in [7, 11) is -2.42. The van der Waals surface area contributed by atoms with E-state index in [1.807, 2.05) is 6.07 Å². The molecule has 13 aromatic rings. The van der Waals surface area contributed by atoms with E-state index < -0.39 is 189 Å². The second kappa shape index (κ2) is 40.0. The van der Waals surface area contributed by atoms with Crippen LogP contribution in [-0.4, -0.2) is 82.4 Å². The molecule has 0 amide bonds. The van der Waals surface area contributed by atoms with Gasteiger partial charge in [-0.3, -0.25) is 9.35 Å². The van der Waals surface area contributed by atoms with Crippen LogP contribution in [0.15, 0.2) is 243 Å². The van der Waals surface area contributed by atoms with Crippen LogP contribution in [0.3, 0.4) is 0 Å². The molecule has 0 unspecified atom stereocenters. The van der Waals surface area contributed by atoms with Gasteiger partial charge in [-0.15, -0.1) is 0 Å². The highest BCUT2D eigenvalue weighted by Gasteiger charge is 2.75. The molecule has 1 N–H and O–H groups in total. The Kier molecular flexibility index (Phi) is 29.6. The van der Waals surface area contributed by atoms with Gasteiger partial charge in [-0.25, -0.2) is 17.6 Å². The summed E-state index contributed by atoms with van der Waals surface area (Å²) in [6, 6.07) is 44.7. The fourth-order valence-electron chi connectivity index (χ4n) is 15.5. The van der Waals surface area contributed by atoms with Crippen molar-refractivity contribution in [3.63, 3.8) is 0 Å². The lowest BCUT2D eigenvalue weighted by molar-refractivity contribution is -0.290. The van der Waals surface area contributed by atoms with Crippen LogP contribution in [0.4, 0.5) is 114 Å². The van der Waals surface area contributed by atoms with Crippen molar-refractivity contribution in [2.75, 3.05) is 26.6 Å². The second-order valence-electron chi connectivity index (χ2n) is 30.6. The van der Waals surface area contributed by atoms with Crippen LogP contribution >= 0.6 is 0 Å². The van der Waals surface area contributed by atoms with E-state index in [-0.39, 0.29) is 105 Å². The monoisotopic (exact) mass is 1990 g/mol. The molecule has 726 valence electrons. The van der Waals surface area contributed by atoms with Gasteiger partial charge in [0.05, 0.1) is 43.3 Å². The molecule has 0 aliphatic rings. The lowest BCUT2D eigenvalue weighted by Gasteiger charge is -2.38. The number of ether oxygens (including phenoxy) is 7. The number of aryl methyl sites for hydroxylation is 2. The standard InChI is InChI=1S/C60H36F14N2O8S.C39H25F12NO3/c1-30-7-5-9-39(42(30)28-75)40-24-13-32(27-41(40)55(77)31-11-18-35(19-12-31)82-25-3-4-26-85(78,79)80)38-8-6-10-44(43(38)29-76)83-36-20-14-33(15-21-36)58(59(69,70)71,60(72,73)74)34-16-22-37(23-17-34)84-57-53(67)49(63)46(50(64)54(57)68)45-47(61)51(65)56(81-2)52(66)48(45)62;1-23-6-8-24(9-7-23)34(36(40,41)42,37(43,44)45)26-12-18-29(19-13-26)54-32-4-3-5-33(31(32)22-52)55-30-20-14-27(15-21-30)35(38(46,47)48,39(49,50)51)25-10-16-28(53-2)17-11-25/h5-24,27H,3-4,25-26H2,1-2H3,(H,78,79,80);3-21H,1-2H3. The lowest BCUT2D eigenvalue weighted by Crippen LogP contribution is -2.54. The topological polar surface area (TPSA) is 207 Å². The number of hydrogen-bond acceptors (Lipinski definition) is 13. The molecule has 0 aliphatic carbocycles. The highest BCUT2D eigenvalue weighted by Crippen LogP contribution is 2.61. The fourth-order valence-corrected chi connectivity index (χ4v) is 16.1. The zero-order valence-corrected chi connectivity index (χ0v) is 72.3. The van der Waals surface area contributed by atoms with Gasteiger partial charge in [0.2, 0.25) is 45.3 Å². The number of carbonyl (C=O) groups is 1. The lowest BCUT2D eigenvalue weighted by atomic mass is 9.72. The summed E-state index contributed by atoms with van der Waals surface area (Å²) in [6.45, 7) is 3.27. The van der Waals surface area contributed by atoms with E-state index in [0.29, 0.717) is 95.8 Å². The largest absolute Gasteiger partial charge is 0.497 e. The first kappa shape index (κ1) is 104. The summed E-state index contributed by atoms with van der Waals surface area (Å²) in [4.78, 5) is 14.5. The molecule has 41 heteroatoms. The number of ketones is 1. The Morgan fingerprint density at radius 1 is 0.343 bits per heavy atom. The number of methoxy groups -OCH3 is 2. The molecule has 0 aromatic heterocycles. The van der Waals surface area contributed by atoms with Crippen molar-refractivity contribution in [2.45, 2.75) is 80.0 Å². The normalized spacial score (nSPS) is 12.3. The molecule has 0 heterocycles. The highest BCUT2D eigenvalue weighted by atomic mass is 32.2. The average molecular weight is 1990 g/mol. The molecular formula is C99H61F26N3O11S. The molecule has 14 nitrogen and oxygen atoms in total. The Labute approximate surface area is 776 Å². The van der Waals surface area contributed by atoms with Crippen LogP contribution in [0.5, 0.6) is 63.2 Å². The average Bonchev–Trinajstić information content (AvgIpc) is 0.751. The van der Waals surface area contributed by atoms with E-state index in [1.165, 1.54) is 86.8 Å². The second-order valence-corrected chi connectivity index (χ2v) is 32.1. The number of nitriles is 3. The molecule has 0 spiro atoms. The summed E-state index contributed by atoms with van der Waals surface area (Å²) in [5, 5.41) is 30.6. The van der Waals surface area contributed by atoms with Gasteiger partial charge in [0.1, 0.15) is 81.1 Å². The Morgan fingerprint density at radius 3 is 1.03 bits per heavy atom. The molecule has 0 radical (unpaired) electrons. The van der Waals surface area contributed by atoms with Crippen LogP contribution in [0.1, 0.15) is 90.0 Å². The zero-order chi connectivity index (χ0) is 103. The first-order valence-corrected chi connectivity index (χ1v) is 41.8. The van der Waals surface area contributed by atoms with Gasteiger partial charge in [-0.1, -0.05) is 139 Å². The van der Waals surface area contributed by atoms with E-state index in [1.54, 1.807) is 37.3 Å². The third kappa shape index (κ3) is 19.8. The van der Waals surface area contributed by atoms with Crippen molar-refractivity contribution in [3.8, 4) is 115 Å². The maximum Gasteiger partial charge on any atom is 0.411 e. The van der Waals surface area contributed by atoms with Crippen LogP contribution < -0.4 is 33.2 Å². The van der Waals surface area contributed by atoms with Gasteiger partial charge in [0.15, 0.2) is 34.8 Å². The molecule has 0 saturated heterocycles. The summed E-state index contributed by atoms with van der Waals surface area (Å²) in [6.07, 6.45) is -35.5. The number of alkyl halides is 18. The Hall–Kier alpha value is -15.3. The first-order valence-electron chi connectivity index (χ1n) is 40.2. The third-order valence-electron chi connectivity index (χ3n) is 22.2. The number of unbranched alkanes of at least 4 members (excludes halogenated alkanes) is 1. The van der Waals surface area contributed by atoms with E-state index in [0.717, 1.165) is 72.8 Å². The molecule has 13 aromatic carbocycles. The van der Waals surface area contributed by atoms with Gasteiger partial charge >= 0.3 is 37.1 Å². The van der Waals surface area contributed by atoms with E-state index >= 15 is 43.9 Å². The van der Waals surface area contributed by atoms with Crippen molar-refractivity contribution in [1.82, 2.24) is 0 Å². The maximum atomic E-state index is 15.3. The van der Waals surface area contributed by atoms with Crippen molar-refractivity contribution < 1.29 is 165 Å². The van der Waals surface area contributed by atoms with Crippen molar-refractivity contribution in [1.29, 1.82) is 15.8 Å². The van der Waals surface area contributed by atoms with Gasteiger partial charge in [0, 0.05) is 22.3 Å². The quantitative estimate of drug-likeness (QED) is 0.0167. The Balaban J connectivity index is 0.000000275. The number of carbonyl (C=O) groups excluding carboxylic acids is 1. The minimum atomic E-state index is -6.25. The van der Waals surface area contributed by atoms with Gasteiger partial charge in [-0.05, 0) is 186 Å². The summed E-state index contributed by atoms with van der Waals surface area (Å²) in [5.41, 5.74) is -24.1. The predicted octanol–water partition coefficient (Wildman–Crippen LogP) is 28.4. The third-order valence-corrected chi connectivity index (χ3v) is 23.0. The number of halogens is 26. The summed E-state index contributed by atoms with van der Waals surface area (Å²) < 4.78 is 453. The molecule has 0 fully saturated rings. The molecule has 13 rings (SSSR count). The Morgan fingerprint density at radius 2 is 0.671 bits per heavy atom. The molecular weight excluding hydrogens is 1930 g/mol. The minimum absolute atomic E-state index is 0.0188. The minimum Gasteiger partial charge on any atom is -0.497 e. The first-order chi connectivity index (χ1) is 65.7. The molecule has 0 bridgehead atoms. The molecule has 140 heavy (non-hydrogen) atoms. The number of rotatable bonds is 27. The highest BCUT2D eigenvalue weighted by molar-refractivity contribution is 7.85. The zero-order valence-electron chi connectivity index (χ0n) is 71.5. The number of hydrogen-bond donors (Lipinski definition) is 1. The van der Waals surface area contributed by atoms with Gasteiger partial charge in [-0.2, -0.15) is 121 Å². The smallest absolute Gasteiger partial charge is 0.411 e. The number of nitrogens with zero attached hydrogens (tertiary/aromatic N) is 3. The fraction of sp³-hybridized carbons (Fsp3) is 0.172. The van der Waals surface area contributed by atoms with Gasteiger partial charge < -0.3 is 33.2 Å². The van der Waals surface area contributed by atoms with Crippen LogP contribution in [-0.2, 0) is 26.4 Å². The summed E-state index contributed by atoms with van der Waals surface area (Å²) in [5.74, 6) is -27.9. The van der Waals surface area contributed by atoms with Crippen molar-refractivity contribution >= 4 is 15.9 Å². The molecule has 0 saturated carbocycles. The van der Waals surface area contributed by atoms with Crippen molar-refractivity contribution in [2.24, 2.45) is 0 Å². The van der Waals surface area contributed by atoms with Crippen LogP contribution in [0.25, 0.3) is 33.4 Å². The molecule has 0 aliphatic heterocycles. The van der Waals surface area contributed by atoms with Crippen LogP contribution in [0, 0.1) is 94.4 Å². The number of benzene rings is 13. The maximum absolute atomic E-state index is 15.3. The summed E-state index contributed by atoms with van der Waals surface area (Å²) >= 11 is 0. The van der Waals surface area contributed by atoms with Gasteiger partial charge in [0.25, 0.3) is 10.1 Å². The van der Waals surface area contributed by atoms with Crippen LogP contribution in [0.2, 0.25) is 0 Å². The van der Waals surface area contributed by atoms with E-state index in [2.05, 4.69) is 10.8 Å².